The molecule has 6 nitrogen and oxygen atoms in total. The Morgan fingerprint density at radius 2 is 2.04 bits per heavy atom. The summed E-state index contributed by atoms with van der Waals surface area (Å²) in [5, 5.41) is 12.0. The molecule has 2 bridgehead atoms. The second-order valence-electron chi connectivity index (χ2n) is 6.05. The number of anilines is 1. The Kier molecular flexibility index (Phi) is 2.93. The average molecular weight is 336 g/mol. The van der Waals surface area contributed by atoms with Crippen LogP contribution in [-0.2, 0) is 11.0 Å². The van der Waals surface area contributed by atoms with Gasteiger partial charge >= 0.3 is 12.2 Å². The molecule has 3 aliphatic heterocycles. The van der Waals surface area contributed by atoms with E-state index in [-0.39, 0.29) is 17.8 Å². The van der Waals surface area contributed by atoms with Crippen LogP contribution in [0.3, 0.4) is 0 Å². The average Bonchev–Trinajstić information content (AvgIpc) is 3.20. The first-order valence-corrected chi connectivity index (χ1v) is 7.34. The Balaban J connectivity index is 1.76. The number of imide groups is 1. The molecule has 3 atom stereocenters. The molecule has 9 heteroatoms. The Bertz CT molecular complexity index is 773. The highest BCUT2D eigenvalue weighted by Crippen LogP contribution is 2.40. The molecule has 124 valence electrons. The van der Waals surface area contributed by atoms with Crippen LogP contribution in [0.25, 0.3) is 0 Å². The first-order valence-electron chi connectivity index (χ1n) is 7.34. The molecule has 3 aliphatic rings. The maximum absolute atomic E-state index is 13.1. The number of urea groups is 1. The lowest BCUT2D eigenvalue weighted by atomic mass is 10.1. The van der Waals surface area contributed by atoms with Gasteiger partial charge in [0.25, 0.3) is 5.91 Å². The fraction of sp³-hybridized carbons (Fsp3) is 0.400. The fourth-order valence-electron chi connectivity index (χ4n) is 3.77. The number of fused-ring (bicyclic) bond motifs is 5. The monoisotopic (exact) mass is 336 g/mol. The molecule has 1 aromatic carbocycles. The second kappa shape index (κ2) is 4.70. The van der Waals surface area contributed by atoms with E-state index in [4.69, 9.17) is 5.26 Å². The fourth-order valence-corrected chi connectivity index (χ4v) is 3.77. The third-order valence-corrected chi connectivity index (χ3v) is 4.79. The maximum Gasteiger partial charge on any atom is 0.417 e. The molecule has 0 aromatic heterocycles. The minimum absolute atomic E-state index is 0.109. The van der Waals surface area contributed by atoms with Crippen LogP contribution in [0.15, 0.2) is 18.2 Å². The predicted octanol–water partition coefficient (Wildman–Crippen LogP) is 1.46. The van der Waals surface area contributed by atoms with Crippen molar-refractivity contribution in [1.29, 1.82) is 5.26 Å². The van der Waals surface area contributed by atoms with Crippen molar-refractivity contribution in [2.75, 3.05) is 11.4 Å². The van der Waals surface area contributed by atoms with E-state index in [2.05, 4.69) is 5.32 Å². The first kappa shape index (κ1) is 15.0. The van der Waals surface area contributed by atoms with Gasteiger partial charge in [0.2, 0.25) is 0 Å². The van der Waals surface area contributed by atoms with Crippen LogP contribution in [0.1, 0.15) is 17.5 Å². The van der Waals surface area contributed by atoms with Crippen LogP contribution in [-0.4, -0.2) is 41.5 Å². The SMILES string of the molecule is N#Cc1ccc(N2C(=O)[C@H]3[C@H]4C[C@H](CN4)N3C2=O)cc1C(F)(F)F. The maximum atomic E-state index is 13.1. The van der Waals surface area contributed by atoms with Crippen molar-refractivity contribution in [3.05, 3.63) is 29.3 Å². The zero-order valence-corrected chi connectivity index (χ0v) is 12.2. The first-order chi connectivity index (χ1) is 11.3. The van der Waals surface area contributed by atoms with Gasteiger partial charge in [0.15, 0.2) is 0 Å². The Morgan fingerprint density at radius 3 is 2.67 bits per heavy atom. The topological polar surface area (TPSA) is 76.4 Å². The quantitative estimate of drug-likeness (QED) is 0.788. The smallest absolute Gasteiger partial charge is 0.309 e. The predicted molar refractivity (Wildman–Crippen MR) is 74.9 cm³/mol. The number of nitrogens with one attached hydrogen (secondary N) is 1. The Morgan fingerprint density at radius 1 is 1.29 bits per heavy atom. The van der Waals surface area contributed by atoms with Crippen molar-refractivity contribution >= 4 is 17.6 Å². The molecule has 1 N–H and O–H groups in total. The van der Waals surface area contributed by atoms with Crippen molar-refractivity contribution < 1.29 is 22.8 Å². The minimum Gasteiger partial charge on any atom is -0.309 e. The van der Waals surface area contributed by atoms with Gasteiger partial charge in [-0.15, -0.1) is 0 Å². The summed E-state index contributed by atoms with van der Waals surface area (Å²) < 4.78 is 39.3. The number of benzene rings is 1. The highest BCUT2D eigenvalue weighted by atomic mass is 19.4. The lowest BCUT2D eigenvalue weighted by molar-refractivity contribution is -0.137. The number of amides is 3. The summed E-state index contributed by atoms with van der Waals surface area (Å²) in [5.41, 5.74) is -1.87. The molecule has 3 saturated heterocycles. The highest BCUT2D eigenvalue weighted by Gasteiger charge is 2.59. The molecule has 3 amide bonds. The number of hydrogen-bond acceptors (Lipinski definition) is 4. The zero-order valence-electron chi connectivity index (χ0n) is 12.2. The number of hydrogen-bond donors (Lipinski definition) is 1. The van der Waals surface area contributed by atoms with Crippen LogP contribution >= 0.6 is 0 Å². The van der Waals surface area contributed by atoms with Gasteiger partial charge in [-0.05, 0) is 24.6 Å². The van der Waals surface area contributed by atoms with E-state index in [0.29, 0.717) is 19.0 Å². The third kappa shape index (κ3) is 1.86. The van der Waals surface area contributed by atoms with Crippen molar-refractivity contribution in [3.8, 4) is 6.07 Å². The summed E-state index contributed by atoms with van der Waals surface area (Å²) in [7, 11) is 0. The number of alkyl halides is 3. The second-order valence-corrected chi connectivity index (χ2v) is 6.05. The van der Waals surface area contributed by atoms with E-state index in [0.717, 1.165) is 11.0 Å². The van der Waals surface area contributed by atoms with Crippen molar-refractivity contribution in [3.63, 3.8) is 0 Å². The van der Waals surface area contributed by atoms with Gasteiger partial charge in [0.05, 0.1) is 22.9 Å². The number of carbonyl (C=O) groups excluding carboxylic acids is 2. The summed E-state index contributed by atoms with van der Waals surface area (Å²) in [4.78, 5) is 27.4. The Labute approximate surface area is 134 Å². The number of rotatable bonds is 1. The summed E-state index contributed by atoms with van der Waals surface area (Å²) in [5.74, 6) is -0.530. The summed E-state index contributed by atoms with van der Waals surface area (Å²) in [6, 6.07) is 2.81. The molecule has 1 aromatic rings. The standard InChI is InChI=1S/C15H11F3N4O2/c16-15(17,18)10-3-8(2-1-7(10)5-19)22-13(23)12-11-4-9(6-20-11)21(12)14(22)24/h1-3,9,11-12,20H,4,6H2/t9-,11-,12-/m1/s1. The van der Waals surface area contributed by atoms with E-state index >= 15 is 0 Å². The van der Waals surface area contributed by atoms with Gasteiger partial charge < -0.3 is 10.2 Å². The van der Waals surface area contributed by atoms with Gasteiger partial charge in [-0.1, -0.05) is 0 Å². The van der Waals surface area contributed by atoms with Crippen LogP contribution in [0.5, 0.6) is 0 Å². The van der Waals surface area contributed by atoms with Crippen LogP contribution in [0.2, 0.25) is 0 Å². The Hall–Kier alpha value is -2.60. The van der Waals surface area contributed by atoms with E-state index in [1.807, 2.05) is 0 Å². The van der Waals surface area contributed by atoms with Gasteiger partial charge in [-0.3, -0.25) is 4.79 Å². The molecule has 0 radical (unpaired) electrons. The number of nitrogens with zero attached hydrogens (tertiary/aromatic N) is 3. The molecule has 4 rings (SSSR count). The highest BCUT2D eigenvalue weighted by molar-refractivity contribution is 6.22. The summed E-state index contributed by atoms with van der Waals surface area (Å²) in [6.07, 6.45) is -4.07. The molecular formula is C15H11F3N4O2. The molecule has 0 spiro atoms. The van der Waals surface area contributed by atoms with Gasteiger partial charge in [-0.25, -0.2) is 9.69 Å². The summed E-state index contributed by atoms with van der Waals surface area (Å²) in [6.45, 7) is 0.579. The number of carbonyl (C=O) groups is 2. The third-order valence-electron chi connectivity index (χ3n) is 4.79. The minimum atomic E-state index is -4.75. The molecule has 0 aliphatic carbocycles. The lowest BCUT2D eigenvalue weighted by Gasteiger charge is -2.26. The van der Waals surface area contributed by atoms with Crippen molar-refractivity contribution in [2.45, 2.75) is 30.7 Å². The van der Waals surface area contributed by atoms with Crippen molar-refractivity contribution in [2.24, 2.45) is 0 Å². The number of halogens is 3. The van der Waals surface area contributed by atoms with Crippen LogP contribution in [0, 0.1) is 11.3 Å². The van der Waals surface area contributed by atoms with E-state index in [9.17, 15) is 22.8 Å². The van der Waals surface area contributed by atoms with Gasteiger partial charge in [0, 0.05) is 18.6 Å². The largest absolute Gasteiger partial charge is 0.417 e. The molecular weight excluding hydrogens is 325 g/mol. The summed E-state index contributed by atoms with van der Waals surface area (Å²) >= 11 is 0. The molecule has 3 heterocycles. The molecule has 0 saturated carbocycles. The van der Waals surface area contributed by atoms with Gasteiger partial charge in [-0.2, -0.15) is 18.4 Å². The van der Waals surface area contributed by atoms with E-state index in [1.165, 1.54) is 17.0 Å². The number of nitriles is 1. The number of piperazine rings is 1. The van der Waals surface area contributed by atoms with E-state index < -0.39 is 35.3 Å². The molecule has 3 fully saturated rings. The zero-order chi connectivity index (χ0) is 17.2. The van der Waals surface area contributed by atoms with Gasteiger partial charge in [0.1, 0.15) is 6.04 Å². The van der Waals surface area contributed by atoms with Crippen molar-refractivity contribution in [1.82, 2.24) is 10.2 Å². The lowest BCUT2D eigenvalue weighted by Crippen LogP contribution is -2.51. The normalized spacial score (nSPS) is 28.5. The molecule has 0 unspecified atom stereocenters. The van der Waals surface area contributed by atoms with E-state index in [1.54, 1.807) is 0 Å². The molecule has 24 heavy (non-hydrogen) atoms. The van der Waals surface area contributed by atoms with Crippen LogP contribution in [0.4, 0.5) is 23.7 Å². The van der Waals surface area contributed by atoms with Crippen LogP contribution < -0.4 is 10.2 Å².